The summed E-state index contributed by atoms with van der Waals surface area (Å²) < 4.78 is 18.6. The average Bonchev–Trinajstić information content (AvgIpc) is 3.94. The lowest BCUT2D eigenvalue weighted by molar-refractivity contribution is -0.158. The number of likely N-dealkylation sites (tertiary alicyclic amines) is 1. The lowest BCUT2D eigenvalue weighted by atomic mass is 9.88. The van der Waals surface area contributed by atoms with Crippen LogP contribution in [0.4, 0.5) is 0 Å². The first-order valence-corrected chi connectivity index (χ1v) is 28.2. The van der Waals surface area contributed by atoms with Gasteiger partial charge in [-0.15, -0.1) is 0 Å². The quantitative estimate of drug-likeness (QED) is 0.0262. The van der Waals surface area contributed by atoms with Gasteiger partial charge in [-0.2, -0.15) is 0 Å². The predicted octanol–water partition coefficient (Wildman–Crippen LogP) is 15.7. The Labute approximate surface area is 395 Å². The van der Waals surface area contributed by atoms with E-state index in [1.54, 1.807) is 0 Å². The number of nitrogens with zero attached hydrogens (tertiary/aromatic N) is 1. The highest BCUT2D eigenvalue weighted by atomic mass is 16.6. The van der Waals surface area contributed by atoms with Gasteiger partial charge < -0.3 is 19.1 Å². The molecule has 7 atom stereocenters. The molecule has 7 unspecified atom stereocenters. The van der Waals surface area contributed by atoms with Crippen molar-refractivity contribution in [3.05, 3.63) is 12.2 Å². The van der Waals surface area contributed by atoms with Crippen LogP contribution in [0.1, 0.15) is 259 Å². The molecule has 3 aliphatic rings. The summed E-state index contributed by atoms with van der Waals surface area (Å²) in [5, 5.41) is 0. The number of ether oxygens (including phenoxy) is 3. The van der Waals surface area contributed by atoms with Crippen molar-refractivity contribution in [2.24, 2.45) is 35.5 Å². The number of piperidine rings is 1. The maximum absolute atomic E-state index is 13.9. The molecule has 7 nitrogen and oxygen atoms in total. The van der Waals surface area contributed by atoms with Crippen molar-refractivity contribution in [1.82, 2.24) is 4.90 Å². The molecule has 0 aromatic heterocycles. The fraction of sp³-hybridized carbons (Fsp3) is 0.912. The third-order valence-electron chi connectivity index (χ3n) is 15.4. The Morgan fingerprint density at radius 3 is 1.70 bits per heavy atom. The molecular weight excluding hydrogens is 795 g/mol. The van der Waals surface area contributed by atoms with Crippen LogP contribution < -0.4 is 0 Å². The number of rotatable bonds is 40. The lowest BCUT2D eigenvalue weighted by Gasteiger charge is -2.30. The number of allylic oxidation sites excluding steroid dienone is 2. The molecule has 7 heteroatoms. The van der Waals surface area contributed by atoms with Crippen LogP contribution in [-0.2, 0) is 28.6 Å². The lowest BCUT2D eigenvalue weighted by Crippen LogP contribution is -2.36. The molecule has 372 valence electrons. The predicted molar refractivity (Wildman–Crippen MR) is 267 cm³/mol. The molecule has 0 bridgehead atoms. The van der Waals surface area contributed by atoms with Crippen LogP contribution in [0, 0.1) is 35.5 Å². The zero-order valence-electron chi connectivity index (χ0n) is 42.7. The van der Waals surface area contributed by atoms with Crippen LogP contribution in [0.2, 0.25) is 0 Å². The van der Waals surface area contributed by atoms with E-state index in [2.05, 4.69) is 51.8 Å². The molecule has 0 aromatic rings. The van der Waals surface area contributed by atoms with Crippen LogP contribution in [0.15, 0.2) is 12.2 Å². The van der Waals surface area contributed by atoms with Gasteiger partial charge >= 0.3 is 17.9 Å². The number of unbranched alkanes of at least 4 members (excludes halogenated alkanes) is 18. The van der Waals surface area contributed by atoms with Crippen molar-refractivity contribution < 1.29 is 28.6 Å². The molecule has 0 amide bonds. The maximum Gasteiger partial charge on any atom is 0.309 e. The third-order valence-corrected chi connectivity index (χ3v) is 15.4. The summed E-state index contributed by atoms with van der Waals surface area (Å²) in [5.74, 6) is 1.97. The molecule has 0 radical (unpaired) electrons. The number of hydrogen-bond acceptors (Lipinski definition) is 7. The van der Waals surface area contributed by atoms with Crippen molar-refractivity contribution in [3.63, 3.8) is 0 Å². The number of carbonyl (C=O) groups excluding carboxylic acids is 3. The largest absolute Gasteiger partial charge is 0.466 e. The Morgan fingerprint density at radius 2 is 1.12 bits per heavy atom. The van der Waals surface area contributed by atoms with Gasteiger partial charge in [0.05, 0.1) is 18.4 Å². The molecule has 0 spiro atoms. The number of esters is 3. The van der Waals surface area contributed by atoms with Gasteiger partial charge in [0, 0.05) is 18.8 Å². The second kappa shape index (κ2) is 36.2. The van der Waals surface area contributed by atoms with Crippen molar-refractivity contribution in [3.8, 4) is 0 Å². The first-order valence-electron chi connectivity index (χ1n) is 28.2. The molecule has 2 aliphatic carbocycles. The van der Waals surface area contributed by atoms with Crippen molar-refractivity contribution >= 4 is 17.9 Å². The third kappa shape index (κ3) is 25.3. The summed E-state index contributed by atoms with van der Waals surface area (Å²) in [7, 11) is 2.11. The topological polar surface area (TPSA) is 82.1 Å². The standard InChI is InChI=1S/C57H103NO6/c1-6-10-14-17-21-27-32-47(31-26-16-12-8-3)56(60)63-52(35-30-24-20-19-23-29-34-50-45-49(50)33-28-22-18-15-11-7-2)41-44-62-55(59)46-51-37-38-54(53(51)36-25-13-9-4)64-57(61)48-39-42-58(5)43-40-48/h13,25,47-54H,6-12,14-24,26-46H2,1-5H3/b25-13-. The van der Waals surface area contributed by atoms with E-state index in [9.17, 15) is 14.4 Å². The Kier molecular flexibility index (Phi) is 31.9. The Balaban J connectivity index is 1.48. The van der Waals surface area contributed by atoms with Crippen molar-refractivity contribution in [2.75, 3.05) is 26.7 Å². The van der Waals surface area contributed by atoms with E-state index in [0.717, 1.165) is 108 Å². The second-order valence-corrected chi connectivity index (χ2v) is 21.1. The highest BCUT2D eigenvalue weighted by Crippen LogP contribution is 2.46. The average molecular weight is 898 g/mol. The van der Waals surface area contributed by atoms with Crippen LogP contribution in [0.5, 0.6) is 0 Å². The summed E-state index contributed by atoms with van der Waals surface area (Å²) in [6.07, 6.45) is 45.1. The molecule has 3 fully saturated rings. The van der Waals surface area contributed by atoms with E-state index >= 15 is 0 Å². The first-order chi connectivity index (χ1) is 31.3. The first kappa shape index (κ1) is 56.4. The summed E-state index contributed by atoms with van der Waals surface area (Å²) in [6, 6.07) is 0. The van der Waals surface area contributed by atoms with E-state index in [4.69, 9.17) is 14.2 Å². The summed E-state index contributed by atoms with van der Waals surface area (Å²) in [6.45, 7) is 11.1. The SMILES string of the molecule is CC/C=C\CC1C(CC(=O)OCCC(CCCCCCCCC2CC2CCCCCCCC)OC(=O)C(CCCCCC)CCCCCCCC)CCC1OC(=O)C1CCN(C)CC1. The van der Waals surface area contributed by atoms with Gasteiger partial charge in [-0.25, -0.2) is 0 Å². The summed E-state index contributed by atoms with van der Waals surface area (Å²) >= 11 is 0. The smallest absolute Gasteiger partial charge is 0.309 e. The van der Waals surface area contributed by atoms with Gasteiger partial charge in [0.2, 0.25) is 0 Å². The van der Waals surface area contributed by atoms with Gasteiger partial charge in [-0.3, -0.25) is 14.4 Å². The normalized spacial score (nSPS) is 22.5. The zero-order valence-corrected chi connectivity index (χ0v) is 42.7. The van der Waals surface area contributed by atoms with Crippen molar-refractivity contribution in [1.29, 1.82) is 0 Å². The van der Waals surface area contributed by atoms with E-state index in [1.165, 1.54) is 135 Å². The van der Waals surface area contributed by atoms with Crippen LogP contribution in [-0.4, -0.2) is 61.8 Å². The Hall–Kier alpha value is -1.89. The minimum atomic E-state index is -0.219. The van der Waals surface area contributed by atoms with E-state index in [1.807, 2.05) is 0 Å². The van der Waals surface area contributed by atoms with Gasteiger partial charge in [0.1, 0.15) is 12.2 Å². The Morgan fingerprint density at radius 1 is 0.594 bits per heavy atom. The van der Waals surface area contributed by atoms with E-state index in [0.29, 0.717) is 12.8 Å². The van der Waals surface area contributed by atoms with Crippen LogP contribution in [0.3, 0.4) is 0 Å². The Bertz CT molecular complexity index is 1210. The van der Waals surface area contributed by atoms with Crippen molar-refractivity contribution in [2.45, 2.75) is 271 Å². The number of carbonyl (C=O) groups is 3. The monoisotopic (exact) mass is 898 g/mol. The minimum absolute atomic E-state index is 0.0222. The van der Waals surface area contributed by atoms with E-state index in [-0.39, 0.29) is 60.4 Å². The molecule has 1 saturated heterocycles. The molecule has 2 saturated carbocycles. The molecule has 3 rings (SSSR count). The van der Waals surface area contributed by atoms with Gasteiger partial charge in [0.25, 0.3) is 0 Å². The van der Waals surface area contributed by atoms with Gasteiger partial charge in [0.15, 0.2) is 0 Å². The molecule has 0 N–H and O–H groups in total. The highest BCUT2D eigenvalue weighted by molar-refractivity contribution is 5.73. The number of hydrogen-bond donors (Lipinski definition) is 0. The molecule has 0 aromatic carbocycles. The summed E-state index contributed by atoms with van der Waals surface area (Å²) in [4.78, 5) is 42.9. The minimum Gasteiger partial charge on any atom is -0.466 e. The fourth-order valence-electron chi connectivity index (χ4n) is 10.9. The molecule has 1 heterocycles. The second-order valence-electron chi connectivity index (χ2n) is 21.1. The van der Waals surface area contributed by atoms with E-state index < -0.39 is 0 Å². The van der Waals surface area contributed by atoms with Crippen LogP contribution >= 0.6 is 0 Å². The summed E-state index contributed by atoms with van der Waals surface area (Å²) in [5.41, 5.74) is 0. The fourth-order valence-corrected chi connectivity index (χ4v) is 10.9. The molecule has 1 aliphatic heterocycles. The van der Waals surface area contributed by atoms with Crippen LogP contribution in [0.25, 0.3) is 0 Å². The highest BCUT2D eigenvalue weighted by Gasteiger charge is 2.40. The maximum atomic E-state index is 13.9. The molecular formula is C57H103NO6. The van der Waals surface area contributed by atoms with Gasteiger partial charge in [-0.1, -0.05) is 188 Å². The zero-order chi connectivity index (χ0) is 46.0. The molecule has 64 heavy (non-hydrogen) atoms. The van der Waals surface area contributed by atoms with Gasteiger partial charge in [-0.05, 0) is 109 Å².